The van der Waals surface area contributed by atoms with Crippen molar-refractivity contribution in [3.05, 3.63) is 0 Å². The van der Waals surface area contributed by atoms with E-state index in [-0.39, 0.29) is 0 Å². The van der Waals surface area contributed by atoms with E-state index < -0.39 is 11.4 Å². The Labute approximate surface area is 39.0 Å². The summed E-state index contributed by atoms with van der Waals surface area (Å²) in [5.41, 5.74) is 0. The molecular weight excluding hydrogens is 105 g/mol. The van der Waals surface area contributed by atoms with E-state index in [4.69, 9.17) is 5.11 Å². The third-order valence-electron chi connectivity index (χ3n) is 0.204. The molecule has 0 fully saturated rings. The Balaban J connectivity index is 3.13. The first-order valence-corrected chi connectivity index (χ1v) is 1.43. The number of hydrogen-bond donors (Lipinski definition) is 1. The van der Waals surface area contributed by atoms with E-state index in [9.17, 15) is 9.28 Å². The van der Waals surface area contributed by atoms with E-state index >= 15 is 0 Å². The lowest BCUT2D eigenvalue weighted by Crippen LogP contribution is -2.11. The van der Waals surface area contributed by atoms with Crippen molar-refractivity contribution in [2.75, 3.05) is 7.05 Å². The van der Waals surface area contributed by atoms with Crippen molar-refractivity contribution in [3.63, 3.8) is 0 Å². The van der Waals surface area contributed by atoms with Gasteiger partial charge in [-0.15, -0.1) is 0 Å². The Bertz CT molecular complexity index is 73.3. The molecule has 42 valence electrons. The number of nitrogens with zero attached hydrogens (tertiary/aromatic N) is 1. The Morgan fingerprint density at radius 2 is 2.43 bits per heavy atom. The molecule has 0 amide bonds. The highest BCUT2D eigenvalue weighted by molar-refractivity contribution is 5.56. The van der Waals surface area contributed by atoms with E-state index in [0.717, 1.165) is 7.05 Å². The Morgan fingerprint density at radius 3 is 2.43 bits per heavy atom. The van der Waals surface area contributed by atoms with Crippen LogP contribution in [0.4, 0.5) is 9.28 Å². The molecule has 0 radical (unpaired) electrons. The van der Waals surface area contributed by atoms with Gasteiger partial charge in [-0.2, -0.15) is 0 Å². The lowest BCUT2D eigenvalue weighted by Gasteiger charge is -1.97. The van der Waals surface area contributed by atoms with Gasteiger partial charge in [0.15, 0.2) is 0 Å². The van der Waals surface area contributed by atoms with Crippen LogP contribution >= 0.6 is 0 Å². The van der Waals surface area contributed by atoms with Gasteiger partial charge in [-0.1, -0.05) is 4.48 Å². The van der Waals surface area contributed by atoms with Gasteiger partial charge in [-0.25, -0.2) is 4.79 Å². The van der Waals surface area contributed by atoms with Gasteiger partial charge in [-0.3, -0.25) is 0 Å². The summed E-state index contributed by atoms with van der Waals surface area (Å²) in [5, 5.41) is 7.18. The first kappa shape index (κ1) is 6.16. The van der Waals surface area contributed by atoms with Gasteiger partial charge < -0.3 is 9.94 Å². The average Bonchev–Trinajstić information content (AvgIpc) is 1.27. The fourth-order valence-electron chi connectivity index (χ4n) is 0.108. The van der Waals surface area contributed by atoms with Crippen LogP contribution in [0.25, 0.3) is 0 Å². The van der Waals surface area contributed by atoms with Gasteiger partial charge in [0.05, 0.1) is 7.05 Å². The molecule has 0 rings (SSSR count). The zero-order valence-corrected chi connectivity index (χ0v) is 3.59. The van der Waals surface area contributed by atoms with Gasteiger partial charge in [-0.05, 0) is 0 Å². The molecule has 0 aliphatic carbocycles. The maximum absolute atomic E-state index is 11.2. The number of hydroxylamine groups is 1. The number of hydrogen-bond acceptors (Lipinski definition) is 3. The zero-order chi connectivity index (χ0) is 5.86. The van der Waals surface area contributed by atoms with Crippen LogP contribution in [0.2, 0.25) is 0 Å². The zero-order valence-electron chi connectivity index (χ0n) is 3.59. The SMILES string of the molecule is CN(F)OC(=O)O. The first-order valence-electron chi connectivity index (χ1n) is 1.43. The maximum Gasteiger partial charge on any atom is 0.527 e. The van der Waals surface area contributed by atoms with Crippen molar-refractivity contribution in [1.29, 1.82) is 0 Å². The number of carboxylic acid groups (broad SMARTS) is 1. The van der Waals surface area contributed by atoms with Gasteiger partial charge in [0.2, 0.25) is 0 Å². The molecule has 0 spiro atoms. The third-order valence-corrected chi connectivity index (χ3v) is 0.204. The van der Waals surface area contributed by atoms with Crippen molar-refractivity contribution in [3.8, 4) is 0 Å². The summed E-state index contributed by atoms with van der Waals surface area (Å²) in [5.74, 6) is 0. The summed E-state index contributed by atoms with van der Waals surface area (Å²) in [6, 6.07) is 0. The average molecular weight is 109 g/mol. The monoisotopic (exact) mass is 109 g/mol. The summed E-state index contributed by atoms with van der Waals surface area (Å²) in [4.78, 5) is 12.6. The van der Waals surface area contributed by atoms with E-state index in [1.807, 2.05) is 0 Å². The van der Waals surface area contributed by atoms with Gasteiger partial charge in [0.25, 0.3) is 0 Å². The molecule has 5 heteroatoms. The molecule has 0 aliphatic heterocycles. The predicted octanol–water partition coefficient (Wildman–Crippen LogP) is 0.412. The largest absolute Gasteiger partial charge is 0.527 e. The third kappa shape index (κ3) is 5.16. The van der Waals surface area contributed by atoms with Crippen LogP contribution in [0.5, 0.6) is 0 Å². The van der Waals surface area contributed by atoms with Crippen molar-refractivity contribution in [1.82, 2.24) is 5.29 Å². The second kappa shape index (κ2) is 2.35. The smallest absolute Gasteiger partial charge is 0.448 e. The molecule has 0 saturated carbocycles. The Kier molecular flexibility index (Phi) is 2.07. The quantitative estimate of drug-likeness (QED) is 0.391. The van der Waals surface area contributed by atoms with E-state index in [1.165, 1.54) is 0 Å². The summed E-state index contributed by atoms with van der Waals surface area (Å²) in [6.07, 6.45) is -1.66. The summed E-state index contributed by atoms with van der Waals surface area (Å²) in [7, 11) is 0.828. The molecule has 0 unspecified atom stereocenters. The van der Waals surface area contributed by atoms with Crippen LogP contribution in [0, 0.1) is 0 Å². The van der Waals surface area contributed by atoms with Crippen LogP contribution in [-0.2, 0) is 4.84 Å². The predicted molar refractivity (Wildman–Crippen MR) is 18.0 cm³/mol. The second-order valence-corrected chi connectivity index (χ2v) is 0.778. The number of halogens is 1. The molecule has 7 heavy (non-hydrogen) atoms. The Morgan fingerprint density at radius 1 is 2.00 bits per heavy atom. The summed E-state index contributed by atoms with van der Waals surface area (Å²) >= 11 is 0. The fourth-order valence-corrected chi connectivity index (χ4v) is 0.108. The lowest BCUT2D eigenvalue weighted by atomic mass is 11.4. The van der Waals surface area contributed by atoms with Crippen molar-refractivity contribution < 1.29 is 19.2 Å². The lowest BCUT2D eigenvalue weighted by molar-refractivity contribution is -0.224. The highest BCUT2D eigenvalue weighted by Crippen LogP contribution is 1.82. The molecule has 0 saturated heterocycles. The number of rotatable bonds is 1. The second-order valence-electron chi connectivity index (χ2n) is 0.778. The van der Waals surface area contributed by atoms with E-state index in [0.29, 0.717) is 0 Å². The molecule has 0 heterocycles. The number of carbonyl (C=O) groups is 1. The van der Waals surface area contributed by atoms with E-state index in [2.05, 4.69) is 4.84 Å². The van der Waals surface area contributed by atoms with Gasteiger partial charge in [0.1, 0.15) is 0 Å². The molecular formula is C2H4FNO3. The minimum absolute atomic E-state index is 0.400. The minimum Gasteiger partial charge on any atom is -0.448 e. The molecule has 1 N–H and O–H groups in total. The van der Waals surface area contributed by atoms with E-state index in [1.54, 1.807) is 0 Å². The highest BCUT2D eigenvalue weighted by Gasteiger charge is 1.98. The molecule has 0 aromatic carbocycles. The van der Waals surface area contributed by atoms with Crippen molar-refractivity contribution in [2.24, 2.45) is 0 Å². The minimum atomic E-state index is -1.66. The van der Waals surface area contributed by atoms with Crippen molar-refractivity contribution >= 4 is 6.16 Å². The molecule has 0 atom stereocenters. The summed E-state index contributed by atoms with van der Waals surface area (Å²) in [6.45, 7) is 0. The van der Waals surface area contributed by atoms with Crippen LogP contribution in [0.15, 0.2) is 0 Å². The molecule has 0 bridgehead atoms. The van der Waals surface area contributed by atoms with Crippen LogP contribution < -0.4 is 0 Å². The molecule has 0 aliphatic rings. The molecule has 0 aromatic heterocycles. The summed E-state index contributed by atoms with van der Waals surface area (Å²) < 4.78 is 11.2. The molecule has 4 nitrogen and oxygen atoms in total. The normalized spacial score (nSPS) is 9.00. The Hall–Kier alpha value is -0.840. The van der Waals surface area contributed by atoms with Crippen LogP contribution in [-0.4, -0.2) is 23.6 Å². The standard InChI is InChI=1S/C2H4FNO3/c1-4(3)7-2(5)6/h1H3,(H,5,6). The van der Waals surface area contributed by atoms with Gasteiger partial charge >= 0.3 is 6.16 Å². The highest BCUT2D eigenvalue weighted by atomic mass is 19.2. The fraction of sp³-hybridized carbons (Fsp3) is 0.500. The van der Waals surface area contributed by atoms with Crippen LogP contribution in [0.3, 0.4) is 0 Å². The van der Waals surface area contributed by atoms with Crippen molar-refractivity contribution in [2.45, 2.75) is 0 Å². The molecule has 0 aromatic rings. The maximum atomic E-state index is 11.2. The van der Waals surface area contributed by atoms with Gasteiger partial charge in [0, 0.05) is 5.29 Å². The first-order chi connectivity index (χ1) is 3.13. The van der Waals surface area contributed by atoms with Crippen LogP contribution in [0.1, 0.15) is 0 Å². The topological polar surface area (TPSA) is 49.8 Å².